The number of ether oxygens (including phenoxy) is 2. The first-order chi connectivity index (χ1) is 9.96. The van der Waals surface area contributed by atoms with E-state index in [1.165, 1.54) is 0 Å². The molecule has 0 bridgehead atoms. The predicted molar refractivity (Wildman–Crippen MR) is 82.3 cm³/mol. The van der Waals surface area contributed by atoms with Crippen molar-refractivity contribution in [1.29, 1.82) is 0 Å². The number of hydrogen-bond acceptors (Lipinski definition) is 4. The van der Waals surface area contributed by atoms with E-state index in [4.69, 9.17) is 9.47 Å². The molecular formula is C16H30N2O3. The molecule has 0 aromatic carbocycles. The largest absolute Gasteiger partial charge is 0.377 e. The summed E-state index contributed by atoms with van der Waals surface area (Å²) >= 11 is 0. The van der Waals surface area contributed by atoms with Crippen molar-refractivity contribution >= 4 is 5.91 Å². The fourth-order valence-electron chi connectivity index (χ4n) is 3.29. The van der Waals surface area contributed by atoms with Crippen molar-refractivity contribution in [3.05, 3.63) is 0 Å². The van der Waals surface area contributed by atoms with Gasteiger partial charge < -0.3 is 19.3 Å². The first-order valence-corrected chi connectivity index (χ1v) is 8.26. The second-order valence-electron chi connectivity index (χ2n) is 6.56. The van der Waals surface area contributed by atoms with E-state index in [0.29, 0.717) is 6.10 Å². The van der Waals surface area contributed by atoms with Gasteiger partial charge >= 0.3 is 0 Å². The molecule has 2 fully saturated rings. The van der Waals surface area contributed by atoms with Crippen molar-refractivity contribution < 1.29 is 14.3 Å². The third-order valence-corrected chi connectivity index (χ3v) is 4.57. The number of hydrogen-bond donors (Lipinski definition) is 0. The van der Waals surface area contributed by atoms with Crippen molar-refractivity contribution in [3.8, 4) is 0 Å². The molecule has 2 rings (SSSR count). The molecule has 1 atom stereocenters. The van der Waals surface area contributed by atoms with Gasteiger partial charge in [-0.05, 0) is 40.5 Å². The summed E-state index contributed by atoms with van der Waals surface area (Å²) in [7, 11) is 0. The topological polar surface area (TPSA) is 42.0 Å². The Morgan fingerprint density at radius 3 is 2.62 bits per heavy atom. The Kier molecular flexibility index (Phi) is 5.63. The van der Waals surface area contributed by atoms with Crippen LogP contribution in [0.4, 0.5) is 0 Å². The smallest absolute Gasteiger partial charge is 0.251 e. The van der Waals surface area contributed by atoms with Crippen LogP contribution in [-0.4, -0.2) is 72.8 Å². The Hall–Kier alpha value is -0.650. The average Bonchev–Trinajstić information content (AvgIpc) is 2.45. The van der Waals surface area contributed by atoms with Gasteiger partial charge in [0.05, 0.1) is 18.3 Å². The number of carbonyl (C=O) groups excluding carboxylic acids is 1. The van der Waals surface area contributed by atoms with Crippen LogP contribution in [0, 0.1) is 0 Å². The van der Waals surface area contributed by atoms with E-state index in [2.05, 4.69) is 18.7 Å². The zero-order chi connectivity index (χ0) is 15.5. The Bertz CT molecular complexity index is 351. The number of rotatable bonds is 5. The van der Waals surface area contributed by atoms with Crippen molar-refractivity contribution in [2.75, 3.05) is 39.3 Å². The molecule has 5 nitrogen and oxygen atoms in total. The molecule has 0 radical (unpaired) electrons. The normalized spacial score (nSPS) is 26.8. The zero-order valence-electron chi connectivity index (χ0n) is 13.9. The van der Waals surface area contributed by atoms with Gasteiger partial charge in [0.25, 0.3) is 5.91 Å². The van der Waals surface area contributed by atoms with E-state index in [1.54, 1.807) is 0 Å². The number of carbonyl (C=O) groups is 1. The van der Waals surface area contributed by atoms with Crippen molar-refractivity contribution in [2.45, 2.75) is 58.3 Å². The minimum atomic E-state index is -0.297. The number of likely N-dealkylation sites (N-methyl/N-ethyl adjacent to an activating group) is 1. The summed E-state index contributed by atoms with van der Waals surface area (Å²) in [4.78, 5) is 16.4. The standard InChI is InChI=1S/C16H30N2O3/c1-5-18-12-16(21-14(4)15(18)19)6-8-17(9-7-16)10-11-20-13(2)3/h13-14H,5-12H2,1-4H3. The van der Waals surface area contributed by atoms with Gasteiger partial charge in [-0.2, -0.15) is 0 Å². The van der Waals surface area contributed by atoms with E-state index in [-0.39, 0.29) is 17.6 Å². The van der Waals surface area contributed by atoms with Crippen LogP contribution in [0.5, 0.6) is 0 Å². The molecule has 2 aliphatic rings. The van der Waals surface area contributed by atoms with Gasteiger partial charge in [0.2, 0.25) is 0 Å². The minimum absolute atomic E-state index is 0.126. The lowest BCUT2D eigenvalue weighted by molar-refractivity contribution is -0.189. The Labute approximate surface area is 128 Å². The third kappa shape index (κ3) is 4.18. The molecule has 2 saturated heterocycles. The summed E-state index contributed by atoms with van der Waals surface area (Å²) in [6, 6.07) is 0. The fourth-order valence-corrected chi connectivity index (χ4v) is 3.29. The Balaban J connectivity index is 1.83. The van der Waals surface area contributed by atoms with Crippen molar-refractivity contribution in [2.24, 2.45) is 0 Å². The SMILES string of the molecule is CCN1CC2(CCN(CCOC(C)C)CC2)OC(C)C1=O. The summed E-state index contributed by atoms with van der Waals surface area (Å²) in [5.41, 5.74) is -0.126. The molecule has 1 unspecified atom stereocenters. The van der Waals surface area contributed by atoms with Gasteiger partial charge in [-0.25, -0.2) is 0 Å². The molecule has 1 amide bonds. The highest BCUT2D eigenvalue weighted by molar-refractivity contribution is 5.81. The summed E-state index contributed by atoms with van der Waals surface area (Å²) in [5.74, 6) is 0.135. The number of nitrogens with zero attached hydrogens (tertiary/aromatic N) is 2. The lowest BCUT2D eigenvalue weighted by atomic mass is 9.88. The van der Waals surface area contributed by atoms with Crippen LogP contribution in [-0.2, 0) is 14.3 Å². The van der Waals surface area contributed by atoms with Gasteiger partial charge in [-0.3, -0.25) is 4.79 Å². The van der Waals surface area contributed by atoms with Crippen LogP contribution in [0.1, 0.15) is 40.5 Å². The average molecular weight is 298 g/mol. The zero-order valence-corrected chi connectivity index (χ0v) is 13.9. The van der Waals surface area contributed by atoms with Crippen LogP contribution in [0.2, 0.25) is 0 Å². The minimum Gasteiger partial charge on any atom is -0.377 e. The number of amides is 1. The monoisotopic (exact) mass is 298 g/mol. The lowest BCUT2D eigenvalue weighted by Crippen LogP contribution is -2.61. The molecule has 1 spiro atoms. The lowest BCUT2D eigenvalue weighted by Gasteiger charge is -2.48. The number of likely N-dealkylation sites (tertiary alicyclic amines) is 1. The van der Waals surface area contributed by atoms with E-state index >= 15 is 0 Å². The highest BCUT2D eigenvalue weighted by atomic mass is 16.5. The molecule has 2 heterocycles. The first kappa shape index (κ1) is 16.7. The van der Waals surface area contributed by atoms with Crippen molar-refractivity contribution in [1.82, 2.24) is 9.80 Å². The van der Waals surface area contributed by atoms with Gasteiger partial charge in [0, 0.05) is 32.7 Å². The number of morpholine rings is 1. The predicted octanol–water partition coefficient (Wildman–Crippen LogP) is 1.51. The Morgan fingerprint density at radius 1 is 1.38 bits per heavy atom. The maximum absolute atomic E-state index is 12.0. The molecule has 0 N–H and O–H groups in total. The maximum atomic E-state index is 12.0. The molecule has 21 heavy (non-hydrogen) atoms. The van der Waals surface area contributed by atoms with Gasteiger partial charge in [0.1, 0.15) is 6.10 Å². The van der Waals surface area contributed by atoms with Crippen LogP contribution < -0.4 is 0 Å². The van der Waals surface area contributed by atoms with E-state index in [9.17, 15) is 4.79 Å². The van der Waals surface area contributed by atoms with Crippen LogP contribution in [0.15, 0.2) is 0 Å². The Morgan fingerprint density at radius 2 is 2.05 bits per heavy atom. The van der Waals surface area contributed by atoms with Gasteiger partial charge in [-0.15, -0.1) is 0 Å². The summed E-state index contributed by atoms with van der Waals surface area (Å²) < 4.78 is 11.7. The van der Waals surface area contributed by atoms with Crippen LogP contribution >= 0.6 is 0 Å². The van der Waals surface area contributed by atoms with E-state index < -0.39 is 0 Å². The molecule has 0 saturated carbocycles. The van der Waals surface area contributed by atoms with Crippen molar-refractivity contribution in [3.63, 3.8) is 0 Å². The van der Waals surface area contributed by atoms with Crippen LogP contribution in [0.25, 0.3) is 0 Å². The summed E-state index contributed by atoms with van der Waals surface area (Å²) in [5, 5.41) is 0. The van der Waals surface area contributed by atoms with Gasteiger partial charge in [0.15, 0.2) is 0 Å². The second-order valence-corrected chi connectivity index (χ2v) is 6.56. The highest BCUT2D eigenvalue weighted by Gasteiger charge is 2.44. The molecule has 2 aliphatic heterocycles. The summed E-state index contributed by atoms with van der Waals surface area (Å²) in [6.45, 7) is 13.4. The molecule has 5 heteroatoms. The third-order valence-electron chi connectivity index (χ3n) is 4.57. The van der Waals surface area contributed by atoms with E-state index in [1.807, 2.05) is 18.7 Å². The molecule has 0 aromatic heterocycles. The fraction of sp³-hybridized carbons (Fsp3) is 0.938. The van der Waals surface area contributed by atoms with Crippen LogP contribution in [0.3, 0.4) is 0 Å². The molecule has 0 aromatic rings. The maximum Gasteiger partial charge on any atom is 0.251 e. The second kappa shape index (κ2) is 7.07. The summed E-state index contributed by atoms with van der Waals surface area (Å²) in [6.07, 6.45) is 2.01. The molecule has 0 aliphatic carbocycles. The van der Waals surface area contributed by atoms with Gasteiger partial charge in [-0.1, -0.05) is 0 Å². The quantitative estimate of drug-likeness (QED) is 0.771. The number of piperidine rings is 1. The highest BCUT2D eigenvalue weighted by Crippen LogP contribution is 2.32. The molecule has 122 valence electrons. The first-order valence-electron chi connectivity index (χ1n) is 8.26. The molecular weight excluding hydrogens is 268 g/mol. The van der Waals surface area contributed by atoms with E-state index in [0.717, 1.165) is 52.2 Å².